The molecule has 16 aliphatic carbocycles. The Morgan fingerprint density at radius 2 is 0.740 bits per heavy atom. The first-order valence-electron chi connectivity index (χ1n) is 40.7. The van der Waals surface area contributed by atoms with E-state index in [1.165, 1.54) is 119 Å². The maximum Gasteiger partial charge on any atom is 0.139 e. The van der Waals surface area contributed by atoms with E-state index < -0.39 is 0 Å². The number of aliphatic hydroxyl groups excluding tert-OH is 5. The molecule has 2 heterocycles. The average molecular weight is 1480 g/mol. The van der Waals surface area contributed by atoms with Crippen LogP contribution >= 0.6 is 22.6 Å². The van der Waals surface area contributed by atoms with Crippen molar-refractivity contribution >= 4 is 39.5 Å². The molecule has 0 aliphatic heterocycles. The number of hydrogen-bond acceptors (Lipinski definition) is 10. The van der Waals surface area contributed by atoms with Crippen LogP contribution in [0, 0.1) is 114 Å². The third kappa shape index (κ3) is 13.0. The van der Waals surface area contributed by atoms with E-state index in [-0.39, 0.29) is 47.3 Å². The van der Waals surface area contributed by atoms with Crippen LogP contribution in [0.15, 0.2) is 106 Å². The highest BCUT2D eigenvalue weighted by Gasteiger charge is 2.62. The van der Waals surface area contributed by atoms with Crippen LogP contribution in [0.5, 0.6) is 0 Å². The van der Waals surface area contributed by atoms with Crippen LogP contribution < -0.4 is 0 Å². The number of aromatic nitrogens is 4. The fraction of sp³-hybridized carbons (Fsp3) is 0.742. The number of Topliss-reactive ketones (excluding diaryl/α,β-unsaturated/α-hetero) is 1. The minimum Gasteiger partial charge on any atom is -0.397 e. The van der Waals surface area contributed by atoms with Gasteiger partial charge in [-0.05, 0) is 328 Å². The topological polar surface area (TPSA) is 170 Å². The number of aliphatic hydroxyl groups is 5. The zero-order chi connectivity index (χ0) is 71.0. The van der Waals surface area contributed by atoms with E-state index in [0.717, 1.165) is 161 Å². The molecule has 12 unspecified atom stereocenters. The lowest BCUT2D eigenvalue weighted by molar-refractivity contribution is -0.132. The van der Waals surface area contributed by atoms with Gasteiger partial charge in [-0.3, -0.25) is 14.8 Å². The number of allylic oxidation sites excluding steroid dienone is 10. The summed E-state index contributed by atoms with van der Waals surface area (Å²) in [6, 6.07) is 0. The minimum atomic E-state index is -0.122. The standard InChI is InChI=1S/2C23H30N2O.C19H27IO.C19H28O2.C3H8.C2H6O/c1-22-9-7-17(26)11-16(22)3-4-18-20-6-5-19(15-12-24-14-25-13-15)23(20,2)10-8-21(18)22;1-22-9-7-16(26)13-15(22)3-4-17-18-5-6-20(21-14-24-11-12-25-21)23(18,2)10-8-19(17)22;1-18-9-7-13(21)11-12(18)3-4-14-15-5-6-17(20)19(15,2)10-8-16(14)18;1-18-9-7-13(20)11-12(18)3-4-14-15-5-6-17(21)19(15,2)10-8-16(14)18;1-3-2;1-2-3/h3,5,12-14,17-18,20-21,26H,4,6-11H2,1-2H3;3,6,11-12,14,16-19,26H,4-5,7-10,13H2,1-2H3;3,6,13-16,21H,4-5,7-11H2,1-2H3;3,13-16,20H,4-11H2,1-2H3;3H2,1-2H3;3H,2H2,1H3/t17-,18?,20?,21?,22-,23+;16-,17?,18?,19?,22-,23-;2*13-,14?,15?,16?,18-,19-;;/m0000../s1. The molecule has 5 N–H and O–H groups in total. The van der Waals surface area contributed by atoms with Crippen molar-refractivity contribution in [3.05, 3.63) is 117 Å². The molecule has 0 saturated heterocycles. The quantitative estimate of drug-likeness (QED) is 0.144. The summed E-state index contributed by atoms with van der Waals surface area (Å²) in [7, 11) is 0. The Morgan fingerprint density at radius 3 is 1.15 bits per heavy atom. The first kappa shape index (κ1) is 74.8. The zero-order valence-corrected chi connectivity index (χ0v) is 65.6. The molecule has 548 valence electrons. The largest absolute Gasteiger partial charge is 0.397 e. The second-order valence-electron chi connectivity index (χ2n) is 37.1. The summed E-state index contributed by atoms with van der Waals surface area (Å²) in [5, 5.41) is 47.9. The number of carbonyl (C=O) groups excluding carboxylic acids is 1. The molecule has 0 aromatic carbocycles. The Labute approximate surface area is 616 Å². The summed E-state index contributed by atoms with van der Waals surface area (Å²) >= 11 is 2.60. The Bertz CT molecular complexity index is 3370. The van der Waals surface area contributed by atoms with Gasteiger partial charge in [-0.15, -0.1) is 0 Å². The number of hydrogen-bond donors (Lipinski definition) is 5. The van der Waals surface area contributed by atoms with Crippen LogP contribution in [-0.2, 0) is 4.79 Å². The van der Waals surface area contributed by atoms with Gasteiger partial charge < -0.3 is 25.5 Å². The molecule has 100 heavy (non-hydrogen) atoms. The molecule has 2 aromatic rings. The van der Waals surface area contributed by atoms with Crippen molar-refractivity contribution in [3.63, 3.8) is 0 Å². The van der Waals surface area contributed by atoms with Gasteiger partial charge in [-0.2, -0.15) is 0 Å². The number of fused-ring (bicyclic) bond motifs is 20. The molecule has 16 aliphatic rings. The van der Waals surface area contributed by atoms with Crippen LogP contribution in [-0.4, -0.2) is 82.3 Å². The Morgan fingerprint density at radius 1 is 0.400 bits per heavy atom. The van der Waals surface area contributed by atoms with Crippen molar-refractivity contribution < 1.29 is 30.3 Å². The van der Waals surface area contributed by atoms with Gasteiger partial charge in [0.15, 0.2) is 0 Å². The Kier molecular flexibility index (Phi) is 22.0. The van der Waals surface area contributed by atoms with E-state index in [2.05, 4.69) is 154 Å². The number of rotatable bonds is 2. The molecule has 24 atom stereocenters. The Hall–Kier alpha value is -3.46. The van der Waals surface area contributed by atoms with Gasteiger partial charge >= 0.3 is 0 Å². The van der Waals surface area contributed by atoms with E-state index in [0.29, 0.717) is 44.7 Å². The first-order chi connectivity index (χ1) is 47.8. The lowest BCUT2D eigenvalue weighted by atomic mass is 9.47. The first-order valence-corrected chi connectivity index (χ1v) is 41.8. The summed E-state index contributed by atoms with van der Waals surface area (Å²) in [6.45, 7) is 25.9. The van der Waals surface area contributed by atoms with Gasteiger partial charge in [0.05, 0.1) is 36.3 Å². The van der Waals surface area contributed by atoms with Crippen LogP contribution in [0.4, 0.5) is 0 Å². The highest BCUT2D eigenvalue weighted by Crippen LogP contribution is 2.71. The average Bonchev–Trinajstić information content (AvgIpc) is 1.54. The van der Waals surface area contributed by atoms with Crippen molar-refractivity contribution in [2.45, 2.75) is 293 Å². The van der Waals surface area contributed by atoms with Crippen molar-refractivity contribution in [2.75, 3.05) is 6.61 Å². The summed E-state index contributed by atoms with van der Waals surface area (Å²) in [5.41, 5.74) is 13.7. The van der Waals surface area contributed by atoms with E-state index in [1.807, 2.05) is 24.8 Å². The maximum absolute atomic E-state index is 12.4. The third-order valence-electron chi connectivity index (χ3n) is 32.4. The summed E-state index contributed by atoms with van der Waals surface area (Å²) < 4.78 is 1.63. The predicted molar refractivity (Wildman–Crippen MR) is 413 cm³/mol. The smallest absolute Gasteiger partial charge is 0.139 e. The summed E-state index contributed by atoms with van der Waals surface area (Å²) in [5.74, 6) is 9.76. The second kappa shape index (κ2) is 29.4. The molecule has 2 aromatic heterocycles. The lowest BCUT2D eigenvalue weighted by Gasteiger charge is -2.57. The Balaban J connectivity index is 0.000000117. The molecule has 0 radical (unpaired) electrons. The van der Waals surface area contributed by atoms with E-state index in [9.17, 15) is 25.2 Å². The second-order valence-corrected chi connectivity index (χ2v) is 38.3. The van der Waals surface area contributed by atoms with E-state index >= 15 is 0 Å². The van der Waals surface area contributed by atoms with E-state index in [4.69, 9.17) is 5.11 Å². The summed E-state index contributed by atoms with van der Waals surface area (Å²) in [4.78, 5) is 29.8. The van der Waals surface area contributed by atoms with Crippen LogP contribution in [0.1, 0.15) is 280 Å². The van der Waals surface area contributed by atoms with Gasteiger partial charge in [0.2, 0.25) is 0 Å². The molecule has 0 amide bonds. The minimum absolute atomic E-state index is 0.0168. The van der Waals surface area contributed by atoms with Crippen molar-refractivity contribution in [1.29, 1.82) is 0 Å². The van der Waals surface area contributed by atoms with E-state index in [1.54, 1.807) is 39.7 Å². The molecule has 0 bridgehead atoms. The van der Waals surface area contributed by atoms with Crippen LogP contribution in [0.3, 0.4) is 0 Å². The molecule has 10 nitrogen and oxygen atoms in total. The zero-order valence-electron chi connectivity index (χ0n) is 63.5. The number of ketones is 1. The van der Waals surface area contributed by atoms with Crippen LogP contribution in [0.2, 0.25) is 0 Å². The number of halogens is 1. The van der Waals surface area contributed by atoms with Crippen molar-refractivity contribution in [1.82, 2.24) is 19.9 Å². The summed E-state index contributed by atoms with van der Waals surface area (Å²) in [6.07, 6.45) is 62.3. The highest BCUT2D eigenvalue weighted by atomic mass is 127. The number of nitrogens with zero attached hydrogens (tertiary/aromatic N) is 4. The molecule has 9 saturated carbocycles. The fourth-order valence-electron chi connectivity index (χ4n) is 26.7. The highest BCUT2D eigenvalue weighted by molar-refractivity contribution is 14.1. The lowest BCUT2D eigenvalue weighted by Crippen LogP contribution is -2.50. The van der Waals surface area contributed by atoms with Gasteiger partial charge in [0.1, 0.15) is 12.1 Å². The monoisotopic (exact) mass is 1480 g/mol. The molecular formula is C89H129IN4O6. The fourth-order valence-corrected chi connectivity index (χ4v) is 27.6. The SMILES string of the molecule is CCC.CCO.C[C@]12CC[C@H](O)CC1=CCC1C2CC[C@]2(C)C(=O)CCC12.C[C@]12CC[C@H](O)CC1=CCC1C2CC[C@]2(C)C(I)=CCC12.C[C@]12CC[C@H](O)CC1=CCC1C2CC[C@]2(C)C(c3cnccn3)=CCC12.C[C@]12CC[C@H](O)CC1=CCC1C2CC[C@]2(C)C(c3cncnc3)=CCC12. The number of carbonyl (C=O) groups is 1. The van der Waals surface area contributed by atoms with Crippen LogP contribution in [0.25, 0.3) is 11.1 Å². The molecule has 18 rings (SSSR count). The molecule has 9 fully saturated rings. The predicted octanol–water partition coefficient (Wildman–Crippen LogP) is 20.1. The molecule has 0 spiro atoms. The maximum atomic E-state index is 12.4. The van der Waals surface area contributed by atoms with Gasteiger partial charge in [0.25, 0.3) is 0 Å². The van der Waals surface area contributed by atoms with Crippen molar-refractivity contribution in [3.8, 4) is 0 Å². The normalized spacial score (nSPS) is 45.5. The third-order valence-corrected chi connectivity index (χ3v) is 34.1. The molecular weight excluding hydrogens is 1350 g/mol. The van der Waals surface area contributed by atoms with Gasteiger partial charge in [-0.25, -0.2) is 9.97 Å². The molecule has 11 heteroatoms. The van der Waals surface area contributed by atoms with Gasteiger partial charge in [-0.1, -0.05) is 140 Å². The van der Waals surface area contributed by atoms with Crippen molar-refractivity contribution in [2.24, 2.45) is 114 Å². The van der Waals surface area contributed by atoms with Gasteiger partial charge in [0, 0.05) is 54.2 Å².